The van der Waals surface area contributed by atoms with Crippen LogP contribution in [0.5, 0.6) is 0 Å². The SMILES string of the molecule is NCCCC1(c2ccncc2)C=CNC1c1ccc(F)cc1. The first kappa shape index (κ1) is 14.7. The highest BCUT2D eigenvalue weighted by atomic mass is 19.1. The number of halogens is 1. The van der Waals surface area contributed by atoms with Crippen molar-refractivity contribution in [2.75, 3.05) is 6.54 Å². The van der Waals surface area contributed by atoms with Gasteiger partial charge in [0.25, 0.3) is 0 Å². The quantitative estimate of drug-likeness (QED) is 0.892. The molecule has 114 valence electrons. The van der Waals surface area contributed by atoms with E-state index < -0.39 is 0 Å². The molecule has 2 aromatic rings. The summed E-state index contributed by atoms with van der Waals surface area (Å²) < 4.78 is 13.2. The van der Waals surface area contributed by atoms with Gasteiger partial charge in [-0.2, -0.15) is 0 Å². The molecule has 2 heterocycles. The molecule has 0 aliphatic carbocycles. The molecule has 2 unspecified atom stereocenters. The van der Waals surface area contributed by atoms with Gasteiger partial charge in [0.05, 0.1) is 6.04 Å². The average Bonchev–Trinajstić information content (AvgIpc) is 2.99. The summed E-state index contributed by atoms with van der Waals surface area (Å²) in [6.07, 6.45) is 9.67. The zero-order chi connectivity index (χ0) is 15.4. The van der Waals surface area contributed by atoms with E-state index in [0.717, 1.165) is 18.4 Å². The van der Waals surface area contributed by atoms with Gasteiger partial charge in [-0.25, -0.2) is 4.39 Å². The number of hydrogen-bond acceptors (Lipinski definition) is 3. The molecule has 0 saturated heterocycles. The van der Waals surface area contributed by atoms with Crippen LogP contribution >= 0.6 is 0 Å². The van der Waals surface area contributed by atoms with Gasteiger partial charge in [-0.3, -0.25) is 4.98 Å². The highest BCUT2D eigenvalue weighted by molar-refractivity contribution is 5.40. The van der Waals surface area contributed by atoms with Crippen molar-refractivity contribution in [1.29, 1.82) is 0 Å². The third-order valence-electron chi connectivity index (χ3n) is 4.37. The zero-order valence-electron chi connectivity index (χ0n) is 12.4. The van der Waals surface area contributed by atoms with Crippen molar-refractivity contribution in [3.63, 3.8) is 0 Å². The van der Waals surface area contributed by atoms with E-state index in [1.165, 1.54) is 17.7 Å². The second-order valence-corrected chi connectivity index (χ2v) is 5.65. The van der Waals surface area contributed by atoms with E-state index in [-0.39, 0.29) is 17.3 Å². The van der Waals surface area contributed by atoms with Gasteiger partial charge < -0.3 is 11.1 Å². The Morgan fingerprint density at radius 1 is 1.14 bits per heavy atom. The van der Waals surface area contributed by atoms with Gasteiger partial charge in [0.15, 0.2) is 0 Å². The molecule has 0 fully saturated rings. The van der Waals surface area contributed by atoms with E-state index in [2.05, 4.69) is 16.4 Å². The number of rotatable bonds is 5. The molecule has 1 aromatic carbocycles. The maximum Gasteiger partial charge on any atom is 0.123 e. The molecule has 1 aliphatic rings. The third-order valence-corrected chi connectivity index (χ3v) is 4.37. The van der Waals surface area contributed by atoms with Crippen LogP contribution in [0.15, 0.2) is 61.1 Å². The van der Waals surface area contributed by atoms with Crippen molar-refractivity contribution in [2.45, 2.75) is 24.3 Å². The second-order valence-electron chi connectivity index (χ2n) is 5.65. The number of benzene rings is 1. The largest absolute Gasteiger partial charge is 0.383 e. The lowest BCUT2D eigenvalue weighted by Crippen LogP contribution is -2.34. The molecule has 3 N–H and O–H groups in total. The predicted octanol–water partition coefficient (Wildman–Crippen LogP) is 3.06. The summed E-state index contributed by atoms with van der Waals surface area (Å²) in [5, 5.41) is 3.43. The van der Waals surface area contributed by atoms with E-state index in [0.29, 0.717) is 6.54 Å². The monoisotopic (exact) mass is 297 g/mol. The lowest BCUT2D eigenvalue weighted by Gasteiger charge is -2.35. The van der Waals surface area contributed by atoms with Crippen molar-refractivity contribution < 1.29 is 4.39 Å². The van der Waals surface area contributed by atoms with Crippen molar-refractivity contribution >= 4 is 0 Å². The maximum absolute atomic E-state index is 13.2. The van der Waals surface area contributed by atoms with Crippen molar-refractivity contribution in [1.82, 2.24) is 10.3 Å². The van der Waals surface area contributed by atoms with E-state index in [4.69, 9.17) is 5.73 Å². The highest BCUT2D eigenvalue weighted by Gasteiger charge is 2.41. The van der Waals surface area contributed by atoms with Gasteiger partial charge in [-0.15, -0.1) is 0 Å². The normalized spacial score (nSPS) is 23.5. The molecule has 0 amide bonds. The first-order valence-electron chi connectivity index (χ1n) is 7.56. The summed E-state index contributed by atoms with van der Waals surface area (Å²) in [6, 6.07) is 10.9. The number of hydrogen-bond donors (Lipinski definition) is 2. The lowest BCUT2D eigenvalue weighted by atomic mass is 9.70. The Labute approximate surface area is 130 Å². The molecule has 1 aromatic heterocycles. The average molecular weight is 297 g/mol. The Kier molecular flexibility index (Phi) is 4.20. The fourth-order valence-corrected chi connectivity index (χ4v) is 3.28. The molecule has 3 nitrogen and oxygen atoms in total. The Morgan fingerprint density at radius 3 is 2.55 bits per heavy atom. The van der Waals surface area contributed by atoms with Crippen molar-refractivity contribution in [3.8, 4) is 0 Å². The molecular weight excluding hydrogens is 277 g/mol. The van der Waals surface area contributed by atoms with Crippen molar-refractivity contribution in [2.24, 2.45) is 5.73 Å². The smallest absolute Gasteiger partial charge is 0.123 e. The second kappa shape index (κ2) is 6.28. The highest BCUT2D eigenvalue weighted by Crippen LogP contribution is 2.45. The summed E-state index contributed by atoms with van der Waals surface area (Å²) in [6.45, 7) is 0.650. The van der Waals surface area contributed by atoms with Crippen molar-refractivity contribution in [3.05, 3.63) is 78.0 Å². The summed E-state index contributed by atoms with van der Waals surface area (Å²) in [7, 11) is 0. The number of pyridine rings is 1. The predicted molar refractivity (Wildman–Crippen MR) is 85.6 cm³/mol. The van der Waals surface area contributed by atoms with Gasteiger partial charge >= 0.3 is 0 Å². The van der Waals surface area contributed by atoms with Crippen LogP contribution in [0.25, 0.3) is 0 Å². The molecule has 0 bridgehead atoms. The fourth-order valence-electron chi connectivity index (χ4n) is 3.28. The standard InChI is InChI=1S/C18H20FN3/c19-16-4-2-14(3-5-16)17-18(8-1-10-20,9-13-22-17)15-6-11-21-12-7-15/h2-7,9,11-13,17,22H,1,8,10,20H2. The molecule has 1 aliphatic heterocycles. The van der Waals surface area contributed by atoms with Crippen LogP contribution < -0.4 is 11.1 Å². The van der Waals surface area contributed by atoms with E-state index in [9.17, 15) is 4.39 Å². The molecule has 3 rings (SSSR count). The molecule has 0 spiro atoms. The molecule has 0 saturated carbocycles. The maximum atomic E-state index is 13.2. The first-order chi connectivity index (χ1) is 10.8. The summed E-state index contributed by atoms with van der Waals surface area (Å²) >= 11 is 0. The van der Waals surface area contributed by atoms with E-state index in [1.807, 2.05) is 42.9 Å². The summed E-state index contributed by atoms with van der Waals surface area (Å²) in [4.78, 5) is 4.12. The fraction of sp³-hybridized carbons (Fsp3) is 0.278. The Morgan fingerprint density at radius 2 is 1.86 bits per heavy atom. The van der Waals surface area contributed by atoms with Gasteiger partial charge in [0.1, 0.15) is 5.82 Å². The van der Waals surface area contributed by atoms with Gasteiger partial charge in [-0.05, 0) is 61.0 Å². The minimum Gasteiger partial charge on any atom is -0.383 e. The molecule has 22 heavy (non-hydrogen) atoms. The first-order valence-corrected chi connectivity index (χ1v) is 7.56. The van der Waals surface area contributed by atoms with Gasteiger partial charge in [-0.1, -0.05) is 18.2 Å². The number of nitrogens with zero attached hydrogens (tertiary/aromatic N) is 1. The van der Waals surface area contributed by atoms with E-state index >= 15 is 0 Å². The number of aromatic nitrogens is 1. The number of nitrogens with two attached hydrogens (primary N) is 1. The van der Waals surface area contributed by atoms with Crippen LogP contribution in [0.3, 0.4) is 0 Å². The Balaban J connectivity index is 2.03. The van der Waals surface area contributed by atoms with Crippen LogP contribution in [-0.4, -0.2) is 11.5 Å². The Hall–Kier alpha value is -2.20. The van der Waals surface area contributed by atoms with Crippen LogP contribution in [0.4, 0.5) is 4.39 Å². The van der Waals surface area contributed by atoms with Crippen LogP contribution in [0.1, 0.15) is 30.0 Å². The van der Waals surface area contributed by atoms with Crippen LogP contribution in [0, 0.1) is 5.82 Å². The Bertz CT molecular complexity index is 639. The van der Waals surface area contributed by atoms with Crippen LogP contribution in [0.2, 0.25) is 0 Å². The topological polar surface area (TPSA) is 50.9 Å². The minimum absolute atomic E-state index is 0.0713. The lowest BCUT2D eigenvalue weighted by molar-refractivity contribution is 0.385. The molecule has 0 radical (unpaired) electrons. The summed E-state index contributed by atoms with van der Waals surface area (Å²) in [5.74, 6) is -0.217. The van der Waals surface area contributed by atoms with Crippen LogP contribution in [-0.2, 0) is 5.41 Å². The molecule has 2 atom stereocenters. The molecule has 4 heteroatoms. The van der Waals surface area contributed by atoms with Gasteiger partial charge in [0.2, 0.25) is 0 Å². The zero-order valence-corrected chi connectivity index (χ0v) is 12.4. The van der Waals surface area contributed by atoms with Gasteiger partial charge in [0, 0.05) is 17.8 Å². The minimum atomic E-state index is -0.217. The summed E-state index contributed by atoms with van der Waals surface area (Å²) in [5.41, 5.74) is 7.83. The number of nitrogens with one attached hydrogen (secondary N) is 1. The molecular formula is C18H20FN3. The third kappa shape index (κ3) is 2.62. The van der Waals surface area contributed by atoms with E-state index in [1.54, 1.807) is 0 Å².